The molecular formula is C22H21F2N7O2. The Labute approximate surface area is 187 Å². The minimum atomic E-state index is -1.30. The van der Waals surface area contributed by atoms with E-state index in [9.17, 15) is 13.6 Å². The van der Waals surface area contributed by atoms with Gasteiger partial charge in [0.1, 0.15) is 30.3 Å². The van der Waals surface area contributed by atoms with Gasteiger partial charge in [-0.25, -0.2) is 18.6 Å². The average molecular weight is 453 g/mol. The highest BCUT2D eigenvalue weighted by atomic mass is 19.1. The lowest BCUT2D eigenvalue weighted by Gasteiger charge is -2.22. The topological polar surface area (TPSA) is 101 Å². The SMILES string of the molecule is C[C@H](Nc1nc(N2C(=O)OC[C@@H]2[C@H](C)F)c2cc[nH]c2n1)c1cn(-c2ccc(F)cc2)cn1. The molecule has 11 heteroatoms. The smallest absolute Gasteiger partial charge is 0.416 e. The number of ether oxygens (including phenoxy) is 1. The number of hydrogen-bond donors (Lipinski definition) is 2. The van der Waals surface area contributed by atoms with E-state index in [1.807, 2.05) is 13.1 Å². The molecule has 1 aliphatic rings. The third-order valence-electron chi connectivity index (χ3n) is 5.58. The van der Waals surface area contributed by atoms with Crippen LogP contribution in [0.15, 0.2) is 49.1 Å². The molecule has 0 radical (unpaired) electrons. The normalized spacial score (nSPS) is 17.9. The number of cyclic esters (lactones) is 1. The maximum absolute atomic E-state index is 14.2. The molecule has 1 aliphatic heterocycles. The average Bonchev–Trinajstić information content (AvgIpc) is 3.53. The number of H-pyrrole nitrogens is 1. The highest BCUT2D eigenvalue weighted by molar-refractivity contribution is 5.99. The molecule has 5 rings (SSSR count). The van der Waals surface area contributed by atoms with E-state index in [-0.39, 0.29) is 30.2 Å². The van der Waals surface area contributed by atoms with Crippen LogP contribution in [-0.4, -0.2) is 49.4 Å². The van der Waals surface area contributed by atoms with Gasteiger partial charge in [0.25, 0.3) is 0 Å². The van der Waals surface area contributed by atoms with Gasteiger partial charge in [0, 0.05) is 18.1 Å². The summed E-state index contributed by atoms with van der Waals surface area (Å²) in [7, 11) is 0. The molecule has 3 aromatic heterocycles. The second-order valence-electron chi connectivity index (χ2n) is 7.85. The second kappa shape index (κ2) is 8.15. The van der Waals surface area contributed by atoms with Gasteiger partial charge in [-0.3, -0.25) is 4.90 Å². The summed E-state index contributed by atoms with van der Waals surface area (Å²) in [5.74, 6) is 0.201. The van der Waals surface area contributed by atoms with Crippen LogP contribution in [0.3, 0.4) is 0 Å². The van der Waals surface area contributed by atoms with Crippen molar-refractivity contribution in [2.24, 2.45) is 0 Å². The fourth-order valence-corrected chi connectivity index (χ4v) is 3.77. The minimum absolute atomic E-state index is 0.0492. The zero-order chi connectivity index (χ0) is 23.1. The lowest BCUT2D eigenvalue weighted by molar-refractivity contribution is 0.174. The minimum Gasteiger partial charge on any atom is -0.447 e. The number of nitrogens with one attached hydrogen (secondary N) is 2. The van der Waals surface area contributed by atoms with Crippen LogP contribution in [-0.2, 0) is 4.74 Å². The van der Waals surface area contributed by atoms with Crippen molar-refractivity contribution in [3.63, 3.8) is 0 Å². The molecular weight excluding hydrogens is 432 g/mol. The van der Waals surface area contributed by atoms with Crippen molar-refractivity contribution in [2.75, 3.05) is 16.8 Å². The standard InChI is InChI=1S/C22H21F2N7O2/c1-12(23)18-10-33-22(32)31(18)20-16-7-8-25-19(16)28-21(29-20)27-13(2)17-9-30(11-26-17)15-5-3-14(24)4-6-15/h3-9,11-13,18H,10H2,1-2H3,(H2,25,27,28,29)/t12-,13-,18+/m0/s1. The first-order chi connectivity index (χ1) is 15.9. The number of alkyl halides is 1. The number of hydrogen-bond acceptors (Lipinski definition) is 6. The first kappa shape index (κ1) is 20.9. The zero-order valence-electron chi connectivity index (χ0n) is 17.9. The van der Waals surface area contributed by atoms with E-state index in [4.69, 9.17) is 4.74 Å². The molecule has 0 bridgehead atoms. The first-order valence-electron chi connectivity index (χ1n) is 10.4. The van der Waals surface area contributed by atoms with Gasteiger partial charge in [-0.05, 0) is 44.2 Å². The highest BCUT2D eigenvalue weighted by Gasteiger charge is 2.40. The summed E-state index contributed by atoms with van der Waals surface area (Å²) < 4.78 is 34.2. The van der Waals surface area contributed by atoms with Crippen molar-refractivity contribution in [3.8, 4) is 5.69 Å². The Morgan fingerprint density at radius 1 is 1.21 bits per heavy atom. The van der Waals surface area contributed by atoms with E-state index in [1.165, 1.54) is 24.0 Å². The number of rotatable bonds is 6. The summed E-state index contributed by atoms with van der Waals surface area (Å²) in [5.41, 5.74) is 1.97. The van der Waals surface area contributed by atoms with Crippen LogP contribution in [0.2, 0.25) is 0 Å². The van der Waals surface area contributed by atoms with Crippen LogP contribution in [0.25, 0.3) is 16.7 Å². The fraction of sp³-hybridized carbons (Fsp3) is 0.273. The summed E-state index contributed by atoms with van der Waals surface area (Å²) in [6, 6.07) is 6.73. The van der Waals surface area contributed by atoms with Crippen molar-refractivity contribution < 1.29 is 18.3 Å². The Bertz CT molecular complexity index is 1300. The molecule has 2 N–H and O–H groups in total. The van der Waals surface area contributed by atoms with Crippen molar-refractivity contribution in [1.82, 2.24) is 24.5 Å². The largest absolute Gasteiger partial charge is 0.447 e. The van der Waals surface area contributed by atoms with Gasteiger partial charge >= 0.3 is 6.09 Å². The van der Waals surface area contributed by atoms with E-state index < -0.39 is 18.3 Å². The molecule has 33 heavy (non-hydrogen) atoms. The molecule has 1 fully saturated rings. The van der Waals surface area contributed by atoms with Crippen LogP contribution in [0.1, 0.15) is 25.6 Å². The quantitative estimate of drug-likeness (QED) is 0.455. The molecule has 1 saturated heterocycles. The summed E-state index contributed by atoms with van der Waals surface area (Å²) in [6.45, 7) is 3.22. The molecule has 0 spiro atoms. The van der Waals surface area contributed by atoms with Gasteiger partial charge in [0.05, 0.1) is 23.4 Å². The maximum Gasteiger partial charge on any atom is 0.416 e. The van der Waals surface area contributed by atoms with Gasteiger partial charge in [-0.15, -0.1) is 0 Å². The summed E-state index contributed by atoms with van der Waals surface area (Å²) in [6.07, 6.45) is 3.18. The number of imidazole rings is 1. The molecule has 9 nitrogen and oxygen atoms in total. The number of fused-ring (bicyclic) bond motifs is 1. The predicted molar refractivity (Wildman–Crippen MR) is 118 cm³/mol. The number of benzene rings is 1. The molecule has 170 valence electrons. The lowest BCUT2D eigenvalue weighted by Crippen LogP contribution is -2.40. The van der Waals surface area contributed by atoms with Crippen molar-refractivity contribution in [2.45, 2.75) is 32.1 Å². The van der Waals surface area contributed by atoms with Gasteiger partial charge in [-0.1, -0.05) is 0 Å². The molecule has 0 saturated carbocycles. The Kier molecular flexibility index (Phi) is 5.15. The van der Waals surface area contributed by atoms with E-state index in [0.717, 1.165) is 5.69 Å². The summed E-state index contributed by atoms with van der Waals surface area (Å²) >= 11 is 0. The van der Waals surface area contributed by atoms with E-state index in [1.54, 1.807) is 35.3 Å². The molecule has 1 aromatic carbocycles. The Morgan fingerprint density at radius 2 is 2.00 bits per heavy atom. The van der Waals surface area contributed by atoms with Crippen LogP contribution in [0.4, 0.5) is 25.3 Å². The fourth-order valence-electron chi connectivity index (χ4n) is 3.77. The highest BCUT2D eigenvalue weighted by Crippen LogP contribution is 2.31. The zero-order valence-corrected chi connectivity index (χ0v) is 17.9. The Hall–Kier alpha value is -4.02. The maximum atomic E-state index is 14.2. The number of anilines is 2. The summed E-state index contributed by atoms with van der Waals surface area (Å²) in [4.78, 5) is 30.0. The van der Waals surface area contributed by atoms with Crippen molar-refractivity contribution in [1.29, 1.82) is 0 Å². The number of aromatic amines is 1. The monoisotopic (exact) mass is 453 g/mol. The molecule has 3 atom stereocenters. The second-order valence-corrected chi connectivity index (χ2v) is 7.85. The van der Waals surface area contributed by atoms with Crippen molar-refractivity contribution >= 4 is 28.9 Å². The third kappa shape index (κ3) is 3.86. The lowest BCUT2D eigenvalue weighted by atomic mass is 10.2. The van der Waals surface area contributed by atoms with Crippen LogP contribution in [0, 0.1) is 5.82 Å². The number of carbonyl (C=O) groups excluding carboxylic acids is 1. The van der Waals surface area contributed by atoms with Crippen LogP contribution in [0.5, 0.6) is 0 Å². The van der Waals surface area contributed by atoms with E-state index in [0.29, 0.717) is 16.7 Å². The number of halogens is 2. The van der Waals surface area contributed by atoms with Crippen molar-refractivity contribution in [3.05, 3.63) is 60.6 Å². The third-order valence-corrected chi connectivity index (χ3v) is 5.58. The predicted octanol–water partition coefficient (Wildman–Crippen LogP) is 4.14. The number of amides is 1. The molecule has 0 aliphatic carbocycles. The molecule has 4 heterocycles. The molecule has 4 aromatic rings. The first-order valence-corrected chi connectivity index (χ1v) is 10.4. The number of aromatic nitrogens is 5. The van der Waals surface area contributed by atoms with Gasteiger partial charge < -0.3 is 19.6 Å². The number of nitrogens with zero attached hydrogens (tertiary/aromatic N) is 5. The van der Waals surface area contributed by atoms with Crippen LogP contribution < -0.4 is 10.2 Å². The summed E-state index contributed by atoms with van der Waals surface area (Å²) in [5, 5.41) is 3.77. The van der Waals surface area contributed by atoms with Crippen LogP contribution >= 0.6 is 0 Å². The van der Waals surface area contributed by atoms with Gasteiger partial charge in [-0.2, -0.15) is 9.97 Å². The van der Waals surface area contributed by atoms with E-state index in [2.05, 4.69) is 25.3 Å². The van der Waals surface area contributed by atoms with Gasteiger partial charge in [0.15, 0.2) is 5.82 Å². The Morgan fingerprint density at radius 3 is 2.76 bits per heavy atom. The van der Waals surface area contributed by atoms with E-state index >= 15 is 0 Å². The molecule has 1 amide bonds. The number of carbonyl (C=O) groups is 1. The Balaban J connectivity index is 1.44. The molecule has 0 unspecified atom stereocenters. The van der Waals surface area contributed by atoms with Gasteiger partial charge in [0.2, 0.25) is 5.95 Å².